The van der Waals surface area contributed by atoms with Gasteiger partial charge in [-0.1, -0.05) is 42.8 Å². The molecule has 3 rings (SSSR count). The molecule has 1 fully saturated rings. The maximum absolute atomic E-state index is 13.2. The first-order chi connectivity index (χ1) is 13.7. The summed E-state index contributed by atoms with van der Waals surface area (Å²) in [5.41, 5.74) is 0.347. The van der Waals surface area contributed by atoms with E-state index >= 15 is 0 Å². The molecule has 1 aliphatic heterocycles. The summed E-state index contributed by atoms with van der Waals surface area (Å²) in [6.45, 7) is 3.54. The minimum atomic E-state index is -4.51. The Morgan fingerprint density at radius 1 is 1.17 bits per heavy atom. The molecular weight excluding hydrogens is 403 g/mol. The number of nitrogens with one attached hydrogen (secondary N) is 1. The number of aromatic nitrogens is 1. The molecule has 8 heteroatoms. The molecule has 1 amide bonds. The van der Waals surface area contributed by atoms with Gasteiger partial charge < -0.3 is 10.2 Å². The number of amides is 1. The molecule has 1 N–H and O–H groups in total. The lowest BCUT2D eigenvalue weighted by molar-refractivity contribution is -0.141. The molecule has 2 heterocycles. The van der Waals surface area contributed by atoms with Gasteiger partial charge in [0.2, 0.25) is 5.91 Å². The van der Waals surface area contributed by atoms with Gasteiger partial charge in [-0.3, -0.25) is 4.79 Å². The fraction of sp³-hybridized carbons (Fsp3) is 0.429. The molecular formula is C21H23ClF3N3O. The van der Waals surface area contributed by atoms with Gasteiger partial charge in [-0.15, -0.1) is 0 Å². The molecule has 0 atom stereocenters. The van der Waals surface area contributed by atoms with Crippen molar-refractivity contribution in [2.75, 3.05) is 18.0 Å². The van der Waals surface area contributed by atoms with Gasteiger partial charge in [-0.25, -0.2) is 4.98 Å². The van der Waals surface area contributed by atoms with E-state index in [0.717, 1.165) is 18.9 Å². The van der Waals surface area contributed by atoms with Crippen LogP contribution < -0.4 is 10.2 Å². The maximum atomic E-state index is 13.2. The molecule has 1 aromatic carbocycles. The SMILES string of the molecule is CC1CCN(c2nc(C(F)(F)F)ccc2CNC(=O)Cc2ccccc2Cl)CC1. The topological polar surface area (TPSA) is 45.2 Å². The van der Waals surface area contributed by atoms with Crippen LogP contribution in [0.15, 0.2) is 36.4 Å². The maximum Gasteiger partial charge on any atom is 0.433 e. The van der Waals surface area contributed by atoms with E-state index in [1.165, 1.54) is 6.07 Å². The Bertz CT molecular complexity index is 864. The van der Waals surface area contributed by atoms with Crippen molar-refractivity contribution in [3.8, 4) is 0 Å². The molecule has 0 bridgehead atoms. The number of anilines is 1. The highest BCUT2D eigenvalue weighted by molar-refractivity contribution is 6.31. The molecule has 1 aliphatic rings. The van der Waals surface area contributed by atoms with Crippen LogP contribution in [0.2, 0.25) is 5.02 Å². The quantitative estimate of drug-likeness (QED) is 0.744. The summed E-state index contributed by atoms with van der Waals surface area (Å²) in [6.07, 6.45) is -2.61. The van der Waals surface area contributed by atoms with Gasteiger partial charge in [0.05, 0.1) is 6.42 Å². The fourth-order valence-electron chi connectivity index (χ4n) is 3.34. The van der Waals surface area contributed by atoms with Crippen LogP contribution in [0.1, 0.15) is 36.6 Å². The van der Waals surface area contributed by atoms with Crippen molar-refractivity contribution >= 4 is 23.3 Å². The summed E-state index contributed by atoms with van der Waals surface area (Å²) in [5.74, 6) is 0.580. The average Bonchev–Trinajstić information content (AvgIpc) is 2.68. The van der Waals surface area contributed by atoms with Gasteiger partial charge in [0, 0.05) is 30.2 Å². The highest BCUT2D eigenvalue weighted by Gasteiger charge is 2.34. The van der Waals surface area contributed by atoms with E-state index in [-0.39, 0.29) is 18.9 Å². The largest absolute Gasteiger partial charge is 0.433 e. The lowest BCUT2D eigenvalue weighted by Gasteiger charge is -2.33. The molecule has 1 saturated heterocycles. The molecule has 0 unspecified atom stereocenters. The summed E-state index contributed by atoms with van der Waals surface area (Å²) in [5, 5.41) is 3.28. The van der Waals surface area contributed by atoms with E-state index in [1.807, 2.05) is 4.90 Å². The van der Waals surface area contributed by atoms with Crippen molar-refractivity contribution in [1.29, 1.82) is 0 Å². The average molecular weight is 426 g/mol. The second-order valence-electron chi connectivity index (χ2n) is 7.39. The highest BCUT2D eigenvalue weighted by atomic mass is 35.5. The number of halogens is 4. The van der Waals surface area contributed by atoms with Gasteiger partial charge in [0.15, 0.2) is 0 Å². The lowest BCUT2D eigenvalue weighted by atomic mass is 9.99. The van der Waals surface area contributed by atoms with E-state index in [4.69, 9.17) is 11.6 Å². The predicted molar refractivity (Wildman–Crippen MR) is 107 cm³/mol. The summed E-state index contributed by atoms with van der Waals surface area (Å²) in [7, 11) is 0. The van der Waals surface area contributed by atoms with Crippen molar-refractivity contribution in [3.05, 3.63) is 58.2 Å². The van der Waals surface area contributed by atoms with Crippen LogP contribution in [0.25, 0.3) is 0 Å². The molecule has 0 saturated carbocycles. The van der Waals surface area contributed by atoms with E-state index < -0.39 is 11.9 Å². The predicted octanol–water partition coefficient (Wildman–Crippen LogP) is 4.85. The Morgan fingerprint density at radius 3 is 2.52 bits per heavy atom. The van der Waals surface area contributed by atoms with Crippen molar-refractivity contribution in [2.24, 2.45) is 5.92 Å². The van der Waals surface area contributed by atoms with Crippen LogP contribution in [0.5, 0.6) is 0 Å². The monoisotopic (exact) mass is 425 g/mol. The zero-order valence-corrected chi connectivity index (χ0v) is 16.9. The van der Waals surface area contributed by atoms with Gasteiger partial charge in [-0.05, 0) is 36.5 Å². The lowest BCUT2D eigenvalue weighted by Crippen LogP contribution is -2.35. The first-order valence-electron chi connectivity index (χ1n) is 9.56. The molecule has 0 spiro atoms. The second-order valence-corrected chi connectivity index (χ2v) is 7.80. The number of nitrogens with zero attached hydrogens (tertiary/aromatic N) is 2. The summed E-state index contributed by atoms with van der Waals surface area (Å²) in [6, 6.07) is 9.42. The molecule has 0 aliphatic carbocycles. The van der Waals surface area contributed by atoms with Gasteiger partial charge in [0.25, 0.3) is 0 Å². The molecule has 156 valence electrons. The number of pyridine rings is 1. The summed E-state index contributed by atoms with van der Waals surface area (Å²) >= 11 is 6.08. The zero-order valence-electron chi connectivity index (χ0n) is 16.1. The first-order valence-corrected chi connectivity index (χ1v) is 9.94. The Morgan fingerprint density at radius 2 is 1.86 bits per heavy atom. The molecule has 4 nitrogen and oxygen atoms in total. The Hall–Kier alpha value is -2.28. The summed E-state index contributed by atoms with van der Waals surface area (Å²) < 4.78 is 39.5. The minimum Gasteiger partial charge on any atom is -0.356 e. The van der Waals surface area contributed by atoms with E-state index in [1.54, 1.807) is 24.3 Å². The molecule has 0 radical (unpaired) electrons. The van der Waals surface area contributed by atoms with Gasteiger partial charge in [-0.2, -0.15) is 13.2 Å². The van der Waals surface area contributed by atoms with Crippen LogP contribution in [0, 0.1) is 5.92 Å². The van der Waals surface area contributed by atoms with Crippen molar-refractivity contribution < 1.29 is 18.0 Å². The molecule has 2 aromatic rings. The Labute approximate surface area is 173 Å². The summed E-state index contributed by atoms with van der Waals surface area (Å²) in [4.78, 5) is 18.1. The minimum absolute atomic E-state index is 0.101. The second kappa shape index (κ2) is 9.03. The number of benzene rings is 1. The van der Waals surface area contributed by atoms with Crippen LogP contribution in [-0.4, -0.2) is 24.0 Å². The smallest absolute Gasteiger partial charge is 0.356 e. The van der Waals surface area contributed by atoms with Crippen molar-refractivity contribution in [3.63, 3.8) is 0 Å². The van der Waals surface area contributed by atoms with Crippen LogP contribution in [-0.2, 0) is 23.9 Å². The van der Waals surface area contributed by atoms with Crippen LogP contribution in [0.4, 0.5) is 19.0 Å². The van der Waals surface area contributed by atoms with Crippen molar-refractivity contribution in [2.45, 2.75) is 38.9 Å². The number of alkyl halides is 3. The Balaban J connectivity index is 1.75. The van der Waals surface area contributed by atoms with Crippen molar-refractivity contribution in [1.82, 2.24) is 10.3 Å². The van der Waals surface area contributed by atoms with Gasteiger partial charge in [0.1, 0.15) is 11.5 Å². The van der Waals surface area contributed by atoms with E-state index in [2.05, 4.69) is 17.2 Å². The van der Waals surface area contributed by atoms with E-state index in [9.17, 15) is 18.0 Å². The van der Waals surface area contributed by atoms with E-state index in [0.29, 0.717) is 41.0 Å². The third-order valence-electron chi connectivity index (χ3n) is 5.11. The number of carbonyl (C=O) groups is 1. The standard InChI is InChI=1S/C21H23ClF3N3O/c1-14-8-10-28(11-9-14)20-16(6-7-18(27-20)21(23,24)25)13-26-19(29)12-15-4-2-3-5-17(15)22/h2-7,14H,8-13H2,1H3,(H,26,29). The molecule has 29 heavy (non-hydrogen) atoms. The number of hydrogen-bond donors (Lipinski definition) is 1. The third-order valence-corrected chi connectivity index (χ3v) is 5.48. The Kier molecular flexibility index (Phi) is 6.67. The zero-order chi connectivity index (χ0) is 21.0. The highest BCUT2D eigenvalue weighted by Crippen LogP contribution is 2.32. The first kappa shape index (κ1) is 21.4. The third kappa shape index (κ3) is 5.63. The van der Waals surface area contributed by atoms with Crippen LogP contribution in [0.3, 0.4) is 0 Å². The number of piperidine rings is 1. The normalized spacial score (nSPS) is 15.4. The number of hydrogen-bond acceptors (Lipinski definition) is 3. The molecule has 1 aromatic heterocycles. The van der Waals surface area contributed by atoms with Gasteiger partial charge >= 0.3 is 6.18 Å². The number of carbonyl (C=O) groups excluding carboxylic acids is 1. The van der Waals surface area contributed by atoms with Crippen LogP contribution >= 0.6 is 11.6 Å². The number of rotatable bonds is 5. The fourth-order valence-corrected chi connectivity index (χ4v) is 3.54.